The highest BCUT2D eigenvalue weighted by molar-refractivity contribution is 6.23. The van der Waals surface area contributed by atoms with Gasteiger partial charge in [-0.15, -0.1) is 0 Å². The molecule has 0 fully saturated rings. The first kappa shape index (κ1) is 8.69. The predicted octanol–water partition coefficient (Wildman–Crippen LogP) is 1.63. The molecule has 0 N–H and O–H groups in total. The quantitative estimate of drug-likeness (QED) is 0.672. The largest absolute Gasteiger partial charge is 0.496 e. The highest BCUT2D eigenvalue weighted by Crippen LogP contribution is 2.26. The maximum atomic E-state index is 11.5. The van der Waals surface area contributed by atoms with Gasteiger partial charge in [0.2, 0.25) is 0 Å². The van der Waals surface area contributed by atoms with Crippen LogP contribution in [0.1, 0.15) is 20.7 Å². The summed E-state index contributed by atoms with van der Waals surface area (Å²) in [5, 5.41) is 0. The van der Waals surface area contributed by atoms with Crippen LogP contribution in [0.5, 0.6) is 5.75 Å². The van der Waals surface area contributed by atoms with Crippen molar-refractivity contribution in [2.75, 3.05) is 7.11 Å². The Kier molecular flexibility index (Phi) is 1.93. The zero-order valence-electron chi connectivity index (χ0n) is 7.61. The van der Waals surface area contributed by atoms with Crippen LogP contribution >= 0.6 is 0 Å². The number of carbonyl (C=O) groups is 2. The summed E-state index contributed by atoms with van der Waals surface area (Å²) in [6, 6.07) is 4.99. The molecular formula is C11H8O3. The van der Waals surface area contributed by atoms with Gasteiger partial charge in [-0.25, -0.2) is 0 Å². The van der Waals surface area contributed by atoms with E-state index in [1.807, 2.05) is 0 Å². The van der Waals surface area contributed by atoms with Crippen molar-refractivity contribution in [2.24, 2.45) is 0 Å². The van der Waals surface area contributed by atoms with Crippen molar-refractivity contribution < 1.29 is 14.3 Å². The van der Waals surface area contributed by atoms with Crippen LogP contribution in [-0.2, 0) is 0 Å². The minimum atomic E-state index is -0.183. The Balaban J connectivity index is 2.71. The van der Waals surface area contributed by atoms with Crippen molar-refractivity contribution in [3.8, 4) is 5.75 Å². The number of ketones is 2. The zero-order valence-corrected chi connectivity index (χ0v) is 7.61. The van der Waals surface area contributed by atoms with E-state index in [0.29, 0.717) is 16.9 Å². The molecule has 0 heterocycles. The molecule has 0 radical (unpaired) electrons. The Labute approximate surface area is 81.0 Å². The molecule has 3 heteroatoms. The van der Waals surface area contributed by atoms with E-state index in [-0.39, 0.29) is 11.6 Å². The van der Waals surface area contributed by atoms with Crippen LogP contribution in [0.4, 0.5) is 0 Å². The average Bonchev–Trinajstić information content (AvgIpc) is 2.23. The maximum absolute atomic E-state index is 11.5. The number of carbonyl (C=O) groups excluding carboxylic acids is 2. The molecule has 0 aromatic heterocycles. The summed E-state index contributed by atoms with van der Waals surface area (Å²) in [6.07, 6.45) is 2.55. The fraction of sp³-hybridized carbons (Fsp3) is 0.0909. The van der Waals surface area contributed by atoms with E-state index >= 15 is 0 Å². The third kappa shape index (κ3) is 1.14. The summed E-state index contributed by atoms with van der Waals surface area (Å²) in [5.41, 5.74) is 0.777. The lowest BCUT2D eigenvalue weighted by molar-refractivity contribution is 0.0991. The number of benzene rings is 1. The molecule has 70 valence electrons. The van der Waals surface area contributed by atoms with Gasteiger partial charge in [-0.2, -0.15) is 0 Å². The highest BCUT2D eigenvalue weighted by Gasteiger charge is 2.22. The van der Waals surface area contributed by atoms with Gasteiger partial charge in [0.25, 0.3) is 0 Å². The second-order valence-corrected chi connectivity index (χ2v) is 2.94. The zero-order chi connectivity index (χ0) is 10.1. The molecule has 1 aliphatic rings. The van der Waals surface area contributed by atoms with Gasteiger partial charge in [-0.05, 0) is 18.2 Å². The van der Waals surface area contributed by atoms with Crippen molar-refractivity contribution in [1.82, 2.24) is 0 Å². The summed E-state index contributed by atoms with van der Waals surface area (Å²) in [4.78, 5) is 22.9. The molecule has 3 nitrogen and oxygen atoms in total. The Hall–Kier alpha value is -1.90. The van der Waals surface area contributed by atoms with E-state index < -0.39 is 0 Å². The van der Waals surface area contributed by atoms with Gasteiger partial charge < -0.3 is 4.74 Å². The summed E-state index contributed by atoms with van der Waals surface area (Å²) in [7, 11) is 1.48. The van der Waals surface area contributed by atoms with E-state index in [9.17, 15) is 9.59 Å². The van der Waals surface area contributed by atoms with E-state index in [1.165, 1.54) is 19.3 Å². The lowest BCUT2D eigenvalue weighted by Crippen LogP contribution is -2.12. The number of methoxy groups -OCH3 is 1. The molecule has 0 aliphatic heterocycles. The molecule has 0 amide bonds. The molecule has 14 heavy (non-hydrogen) atoms. The average molecular weight is 188 g/mol. The first-order valence-corrected chi connectivity index (χ1v) is 4.18. The van der Waals surface area contributed by atoms with Crippen LogP contribution in [-0.4, -0.2) is 18.7 Å². The number of ether oxygens (including phenoxy) is 1. The molecule has 0 unspecified atom stereocenters. The smallest absolute Gasteiger partial charge is 0.190 e. The molecule has 1 aliphatic carbocycles. The number of hydrogen-bond donors (Lipinski definition) is 0. The molecule has 0 bridgehead atoms. The predicted molar refractivity (Wildman–Crippen MR) is 50.8 cm³/mol. The molecule has 0 saturated heterocycles. The summed E-state index contributed by atoms with van der Waals surface area (Å²) < 4.78 is 5.02. The van der Waals surface area contributed by atoms with Crippen molar-refractivity contribution in [1.29, 1.82) is 0 Å². The van der Waals surface area contributed by atoms with Crippen LogP contribution in [0.25, 0.3) is 0 Å². The van der Waals surface area contributed by atoms with Crippen molar-refractivity contribution in [3.05, 3.63) is 41.5 Å². The van der Waals surface area contributed by atoms with Crippen molar-refractivity contribution in [3.63, 3.8) is 0 Å². The second kappa shape index (κ2) is 3.10. The summed E-state index contributed by atoms with van der Waals surface area (Å²) in [6.45, 7) is 0. The van der Waals surface area contributed by atoms with Crippen LogP contribution in [0.3, 0.4) is 0 Å². The van der Waals surface area contributed by atoms with Crippen molar-refractivity contribution in [2.45, 2.75) is 0 Å². The normalized spacial score (nSPS) is 14.1. The lowest BCUT2D eigenvalue weighted by Gasteiger charge is -2.12. The van der Waals surface area contributed by atoms with Gasteiger partial charge in [-0.1, -0.05) is 12.1 Å². The Morgan fingerprint density at radius 1 is 1.07 bits per heavy atom. The molecule has 0 saturated carbocycles. The van der Waals surface area contributed by atoms with E-state index in [2.05, 4.69) is 0 Å². The molecule has 0 atom stereocenters. The SMILES string of the molecule is COc1cccc2c1C(=O)C=CC2=O. The fourth-order valence-corrected chi connectivity index (χ4v) is 1.49. The lowest BCUT2D eigenvalue weighted by atomic mass is 9.94. The van der Waals surface area contributed by atoms with Crippen LogP contribution in [0.2, 0.25) is 0 Å². The topological polar surface area (TPSA) is 43.4 Å². The molecule has 1 aromatic carbocycles. The monoisotopic (exact) mass is 188 g/mol. The minimum Gasteiger partial charge on any atom is -0.496 e. The third-order valence-electron chi connectivity index (χ3n) is 2.14. The Bertz CT molecular complexity index is 444. The fourth-order valence-electron chi connectivity index (χ4n) is 1.49. The van der Waals surface area contributed by atoms with Gasteiger partial charge in [0.15, 0.2) is 11.6 Å². The first-order chi connectivity index (χ1) is 6.74. The maximum Gasteiger partial charge on any atom is 0.190 e. The summed E-state index contributed by atoms with van der Waals surface area (Å²) in [5.74, 6) is 0.112. The van der Waals surface area contributed by atoms with Gasteiger partial charge in [0.1, 0.15) is 5.75 Å². The molecule has 0 spiro atoms. The number of allylic oxidation sites excluding steroid dienone is 2. The van der Waals surface area contributed by atoms with Crippen molar-refractivity contribution >= 4 is 11.6 Å². The van der Waals surface area contributed by atoms with Gasteiger partial charge in [0.05, 0.1) is 12.7 Å². The number of rotatable bonds is 1. The van der Waals surface area contributed by atoms with E-state index in [4.69, 9.17) is 4.74 Å². The van der Waals surface area contributed by atoms with Gasteiger partial charge in [-0.3, -0.25) is 9.59 Å². The Morgan fingerprint density at radius 3 is 2.50 bits per heavy atom. The molecule has 1 aromatic rings. The van der Waals surface area contributed by atoms with Crippen LogP contribution in [0, 0.1) is 0 Å². The Morgan fingerprint density at radius 2 is 1.79 bits per heavy atom. The highest BCUT2D eigenvalue weighted by atomic mass is 16.5. The second-order valence-electron chi connectivity index (χ2n) is 2.94. The van der Waals surface area contributed by atoms with Crippen LogP contribution in [0.15, 0.2) is 30.4 Å². The van der Waals surface area contributed by atoms with Gasteiger partial charge >= 0.3 is 0 Å². The van der Waals surface area contributed by atoms with E-state index in [1.54, 1.807) is 18.2 Å². The first-order valence-electron chi connectivity index (χ1n) is 4.18. The number of hydrogen-bond acceptors (Lipinski definition) is 3. The third-order valence-corrected chi connectivity index (χ3v) is 2.14. The standard InChI is InChI=1S/C11H8O3/c1-14-10-4-2-3-7-8(12)5-6-9(13)11(7)10/h2-6H,1H3. The number of fused-ring (bicyclic) bond motifs is 1. The molecular weight excluding hydrogens is 180 g/mol. The molecule has 2 rings (SSSR count). The van der Waals surface area contributed by atoms with Crippen LogP contribution < -0.4 is 4.74 Å². The van der Waals surface area contributed by atoms with Gasteiger partial charge in [0, 0.05) is 5.56 Å². The van der Waals surface area contributed by atoms with E-state index in [0.717, 1.165) is 0 Å². The minimum absolute atomic E-state index is 0.154. The summed E-state index contributed by atoms with van der Waals surface area (Å²) >= 11 is 0.